The van der Waals surface area contributed by atoms with E-state index in [1.165, 1.54) is 0 Å². The predicted molar refractivity (Wildman–Crippen MR) is 65.3 cm³/mol. The van der Waals surface area contributed by atoms with Gasteiger partial charge in [0, 0.05) is 12.4 Å². The number of carbonyl (C=O) groups is 1. The van der Waals surface area contributed by atoms with Gasteiger partial charge < -0.3 is 10.3 Å². The topological polar surface area (TPSA) is 57.8 Å². The number of aromatic nitrogens is 2. The molecule has 2 rings (SSSR count). The van der Waals surface area contributed by atoms with Crippen LogP contribution in [0.1, 0.15) is 17.0 Å². The molecular weight excluding hydrogens is 214 g/mol. The van der Waals surface area contributed by atoms with Crippen LogP contribution in [0, 0.1) is 6.92 Å². The molecule has 1 heterocycles. The number of carbonyl (C=O) groups excluding carboxylic acids is 1. The Hall–Kier alpha value is -2.10. The van der Waals surface area contributed by atoms with E-state index < -0.39 is 0 Å². The van der Waals surface area contributed by atoms with Crippen molar-refractivity contribution in [2.24, 2.45) is 0 Å². The van der Waals surface area contributed by atoms with E-state index >= 15 is 0 Å². The van der Waals surface area contributed by atoms with Gasteiger partial charge in [0.25, 0.3) is 0 Å². The zero-order valence-corrected chi connectivity index (χ0v) is 9.73. The minimum atomic E-state index is 0.00991. The van der Waals surface area contributed by atoms with Crippen LogP contribution < -0.4 is 5.32 Å². The second-order valence-corrected chi connectivity index (χ2v) is 3.92. The van der Waals surface area contributed by atoms with E-state index in [-0.39, 0.29) is 5.91 Å². The summed E-state index contributed by atoms with van der Waals surface area (Å²) in [5.41, 5.74) is 2.20. The molecule has 4 heteroatoms. The summed E-state index contributed by atoms with van der Waals surface area (Å²) in [5.74, 6) is 0.777. The van der Waals surface area contributed by atoms with Crippen LogP contribution in [0.4, 0.5) is 0 Å². The van der Waals surface area contributed by atoms with Crippen LogP contribution in [0.2, 0.25) is 0 Å². The van der Waals surface area contributed by atoms with Crippen LogP contribution in [-0.4, -0.2) is 15.9 Å². The standard InChI is InChI=1S/C13H15N3O/c1-10-4-2-3-5-11(10)8-13(17)16-9-12-14-6-7-15-12/h2-7H,8-9H2,1H3,(H,14,15)(H,16,17). The Bertz CT molecular complexity index is 491. The molecule has 0 saturated heterocycles. The molecule has 0 aliphatic carbocycles. The van der Waals surface area contributed by atoms with Crippen molar-refractivity contribution in [2.45, 2.75) is 19.9 Å². The molecule has 0 aliphatic rings. The Labute approximate surface area is 100 Å². The predicted octanol–water partition coefficient (Wildman–Crippen LogP) is 1.58. The number of nitrogens with one attached hydrogen (secondary N) is 2. The van der Waals surface area contributed by atoms with Crippen LogP contribution in [0.3, 0.4) is 0 Å². The minimum Gasteiger partial charge on any atom is -0.349 e. The number of hydrogen-bond donors (Lipinski definition) is 2. The number of benzene rings is 1. The summed E-state index contributed by atoms with van der Waals surface area (Å²) in [4.78, 5) is 18.7. The lowest BCUT2D eigenvalue weighted by Gasteiger charge is -2.06. The zero-order valence-electron chi connectivity index (χ0n) is 9.73. The maximum absolute atomic E-state index is 11.7. The van der Waals surface area contributed by atoms with Gasteiger partial charge in [-0.2, -0.15) is 0 Å². The molecule has 0 aliphatic heterocycles. The van der Waals surface area contributed by atoms with E-state index in [0.29, 0.717) is 13.0 Å². The molecule has 2 aromatic rings. The van der Waals surface area contributed by atoms with Gasteiger partial charge in [-0.25, -0.2) is 4.98 Å². The van der Waals surface area contributed by atoms with Gasteiger partial charge >= 0.3 is 0 Å². The normalized spacial score (nSPS) is 10.2. The zero-order chi connectivity index (χ0) is 12.1. The van der Waals surface area contributed by atoms with Crippen molar-refractivity contribution in [3.63, 3.8) is 0 Å². The SMILES string of the molecule is Cc1ccccc1CC(=O)NCc1ncc[nH]1. The monoisotopic (exact) mass is 229 g/mol. The molecule has 0 radical (unpaired) electrons. The Morgan fingerprint density at radius 2 is 2.24 bits per heavy atom. The number of amides is 1. The van der Waals surface area contributed by atoms with Crippen LogP contribution >= 0.6 is 0 Å². The van der Waals surface area contributed by atoms with Crippen LogP contribution in [0.25, 0.3) is 0 Å². The van der Waals surface area contributed by atoms with Crippen molar-refractivity contribution in [1.29, 1.82) is 0 Å². The van der Waals surface area contributed by atoms with Gasteiger partial charge in [0.2, 0.25) is 5.91 Å². The van der Waals surface area contributed by atoms with Crippen molar-refractivity contribution in [1.82, 2.24) is 15.3 Å². The first-order valence-electron chi connectivity index (χ1n) is 5.55. The van der Waals surface area contributed by atoms with Gasteiger partial charge in [0.15, 0.2) is 0 Å². The van der Waals surface area contributed by atoms with Crippen molar-refractivity contribution in [3.8, 4) is 0 Å². The number of rotatable bonds is 4. The summed E-state index contributed by atoms with van der Waals surface area (Å²) >= 11 is 0. The highest BCUT2D eigenvalue weighted by molar-refractivity contribution is 5.78. The van der Waals surface area contributed by atoms with Crippen molar-refractivity contribution < 1.29 is 4.79 Å². The summed E-state index contributed by atoms with van der Waals surface area (Å²) in [7, 11) is 0. The first-order chi connectivity index (χ1) is 8.25. The van der Waals surface area contributed by atoms with E-state index in [2.05, 4.69) is 15.3 Å². The van der Waals surface area contributed by atoms with E-state index in [1.807, 2.05) is 31.2 Å². The number of aromatic amines is 1. The fraction of sp³-hybridized carbons (Fsp3) is 0.231. The lowest BCUT2D eigenvalue weighted by atomic mass is 10.1. The highest BCUT2D eigenvalue weighted by atomic mass is 16.1. The second-order valence-electron chi connectivity index (χ2n) is 3.92. The number of hydrogen-bond acceptors (Lipinski definition) is 2. The summed E-state index contributed by atoms with van der Waals surface area (Å²) in [5, 5.41) is 2.83. The molecular formula is C13H15N3O. The lowest BCUT2D eigenvalue weighted by molar-refractivity contribution is -0.120. The Balaban J connectivity index is 1.87. The molecule has 17 heavy (non-hydrogen) atoms. The van der Waals surface area contributed by atoms with Crippen LogP contribution in [-0.2, 0) is 17.8 Å². The molecule has 0 unspecified atom stereocenters. The van der Waals surface area contributed by atoms with E-state index in [4.69, 9.17) is 0 Å². The molecule has 1 aromatic heterocycles. The highest BCUT2D eigenvalue weighted by Gasteiger charge is 2.05. The maximum atomic E-state index is 11.7. The second kappa shape index (κ2) is 5.30. The molecule has 0 bridgehead atoms. The molecule has 0 atom stereocenters. The first kappa shape index (κ1) is 11.4. The third-order valence-electron chi connectivity index (χ3n) is 2.62. The van der Waals surface area contributed by atoms with Gasteiger partial charge in [-0.05, 0) is 18.1 Å². The molecule has 88 valence electrons. The van der Waals surface area contributed by atoms with Crippen molar-refractivity contribution >= 4 is 5.91 Å². The third kappa shape index (κ3) is 3.17. The largest absolute Gasteiger partial charge is 0.349 e. The Morgan fingerprint density at radius 3 is 2.94 bits per heavy atom. The summed E-state index contributed by atoms with van der Waals surface area (Å²) in [6.07, 6.45) is 3.82. The number of imidazole rings is 1. The number of H-pyrrole nitrogens is 1. The maximum Gasteiger partial charge on any atom is 0.224 e. The van der Waals surface area contributed by atoms with Gasteiger partial charge in [-0.3, -0.25) is 4.79 Å². The molecule has 0 spiro atoms. The molecule has 2 N–H and O–H groups in total. The minimum absolute atomic E-state index is 0.00991. The number of aryl methyl sites for hydroxylation is 1. The molecule has 0 saturated carbocycles. The summed E-state index contributed by atoms with van der Waals surface area (Å²) < 4.78 is 0. The van der Waals surface area contributed by atoms with Gasteiger partial charge in [0.1, 0.15) is 5.82 Å². The Kier molecular flexibility index (Phi) is 3.55. The van der Waals surface area contributed by atoms with E-state index in [0.717, 1.165) is 17.0 Å². The lowest BCUT2D eigenvalue weighted by Crippen LogP contribution is -2.25. The fourth-order valence-electron chi connectivity index (χ4n) is 1.62. The van der Waals surface area contributed by atoms with E-state index in [9.17, 15) is 4.79 Å². The van der Waals surface area contributed by atoms with E-state index in [1.54, 1.807) is 12.4 Å². The third-order valence-corrected chi connectivity index (χ3v) is 2.62. The Morgan fingerprint density at radius 1 is 1.41 bits per heavy atom. The van der Waals surface area contributed by atoms with Crippen molar-refractivity contribution in [2.75, 3.05) is 0 Å². The number of nitrogens with zero attached hydrogens (tertiary/aromatic N) is 1. The summed E-state index contributed by atoms with van der Waals surface area (Å²) in [6, 6.07) is 7.90. The van der Waals surface area contributed by atoms with Gasteiger partial charge in [0.05, 0.1) is 13.0 Å². The average Bonchev–Trinajstić information content (AvgIpc) is 2.82. The smallest absolute Gasteiger partial charge is 0.224 e. The van der Waals surface area contributed by atoms with Crippen LogP contribution in [0.5, 0.6) is 0 Å². The van der Waals surface area contributed by atoms with Crippen molar-refractivity contribution in [3.05, 3.63) is 53.6 Å². The quantitative estimate of drug-likeness (QED) is 0.836. The first-order valence-corrected chi connectivity index (χ1v) is 5.55. The van der Waals surface area contributed by atoms with Gasteiger partial charge in [-0.1, -0.05) is 24.3 Å². The molecule has 1 aromatic carbocycles. The molecule has 0 fully saturated rings. The molecule has 4 nitrogen and oxygen atoms in total. The average molecular weight is 229 g/mol. The van der Waals surface area contributed by atoms with Crippen LogP contribution in [0.15, 0.2) is 36.7 Å². The summed E-state index contributed by atoms with van der Waals surface area (Å²) in [6.45, 7) is 2.45. The fourth-order valence-corrected chi connectivity index (χ4v) is 1.62. The van der Waals surface area contributed by atoms with Gasteiger partial charge in [-0.15, -0.1) is 0 Å². The molecule has 1 amide bonds. The highest BCUT2D eigenvalue weighted by Crippen LogP contribution is 2.07.